The van der Waals surface area contributed by atoms with Gasteiger partial charge in [-0.25, -0.2) is 4.68 Å². The number of halogens is 1. The Morgan fingerprint density at radius 1 is 1.57 bits per heavy atom. The third kappa shape index (κ3) is 1.62. The Bertz CT molecular complexity index is 450. The summed E-state index contributed by atoms with van der Waals surface area (Å²) < 4.78 is 2.67. The van der Waals surface area contributed by atoms with Crippen LogP contribution in [0.1, 0.15) is 6.92 Å². The molecule has 5 nitrogen and oxygen atoms in total. The van der Waals surface area contributed by atoms with E-state index < -0.39 is 0 Å². The molecule has 0 saturated carbocycles. The minimum atomic E-state index is 0.0555. The zero-order chi connectivity index (χ0) is 10.1. The summed E-state index contributed by atoms with van der Waals surface area (Å²) in [6.45, 7) is 2.59. The minimum absolute atomic E-state index is 0.0555. The first-order chi connectivity index (χ1) is 6.68. The Kier molecular flexibility index (Phi) is 2.47. The van der Waals surface area contributed by atoms with Crippen molar-refractivity contribution in [2.24, 2.45) is 5.73 Å². The number of rotatable bonds is 2. The van der Waals surface area contributed by atoms with Crippen LogP contribution >= 0.6 is 15.9 Å². The molecule has 2 aromatic heterocycles. The van der Waals surface area contributed by atoms with Crippen LogP contribution in [0.5, 0.6) is 0 Å². The summed E-state index contributed by atoms with van der Waals surface area (Å²) >= 11 is 3.41. The highest BCUT2D eigenvalue weighted by atomic mass is 79.9. The van der Waals surface area contributed by atoms with E-state index in [4.69, 9.17) is 5.73 Å². The highest BCUT2D eigenvalue weighted by Crippen LogP contribution is 2.20. The normalized spacial score (nSPS) is 13.4. The van der Waals surface area contributed by atoms with Gasteiger partial charge in [-0.15, -0.1) is 5.10 Å². The number of nitrogens with two attached hydrogens (primary N) is 1. The highest BCUT2D eigenvalue weighted by molar-refractivity contribution is 9.10. The lowest BCUT2D eigenvalue weighted by atomic mass is 10.3. The van der Waals surface area contributed by atoms with Crippen molar-refractivity contribution in [2.45, 2.75) is 19.5 Å². The van der Waals surface area contributed by atoms with Crippen LogP contribution < -0.4 is 5.73 Å². The Hall–Kier alpha value is -1.01. The van der Waals surface area contributed by atoms with Crippen molar-refractivity contribution in [1.82, 2.24) is 20.0 Å². The number of aromatic nitrogens is 4. The number of pyridine rings is 1. The predicted octanol–water partition coefficient (Wildman–Crippen LogP) is 0.936. The van der Waals surface area contributed by atoms with E-state index in [-0.39, 0.29) is 6.04 Å². The summed E-state index contributed by atoms with van der Waals surface area (Å²) in [5, 5.41) is 8.01. The van der Waals surface area contributed by atoms with Gasteiger partial charge >= 0.3 is 0 Å². The van der Waals surface area contributed by atoms with E-state index in [1.807, 2.05) is 6.92 Å². The molecule has 0 saturated heterocycles. The fourth-order valence-corrected chi connectivity index (χ4v) is 1.82. The summed E-state index contributed by atoms with van der Waals surface area (Å²) in [6.07, 6.45) is 3.41. The lowest BCUT2D eigenvalue weighted by Crippen LogP contribution is -2.22. The molecule has 0 fully saturated rings. The van der Waals surface area contributed by atoms with Gasteiger partial charge in [-0.3, -0.25) is 4.98 Å². The molecule has 2 N–H and O–H groups in total. The molecule has 74 valence electrons. The summed E-state index contributed by atoms with van der Waals surface area (Å²) in [4.78, 5) is 4.01. The molecule has 0 aliphatic heterocycles. The van der Waals surface area contributed by atoms with Gasteiger partial charge < -0.3 is 5.73 Å². The van der Waals surface area contributed by atoms with Crippen molar-refractivity contribution in [3.8, 4) is 0 Å². The largest absolute Gasteiger partial charge is 0.326 e. The number of hydrogen-bond acceptors (Lipinski definition) is 4. The standard InChI is InChI=1S/C8H10BrN5/c1-5(10)4-14-8-6(9)2-11-3-7(8)12-13-14/h2-3,5H,4,10H2,1H3. The van der Waals surface area contributed by atoms with Gasteiger partial charge in [0.05, 0.1) is 17.2 Å². The van der Waals surface area contributed by atoms with Gasteiger partial charge in [-0.2, -0.15) is 0 Å². The number of fused-ring (bicyclic) bond motifs is 1. The maximum absolute atomic E-state index is 5.71. The lowest BCUT2D eigenvalue weighted by Gasteiger charge is -2.05. The maximum Gasteiger partial charge on any atom is 0.132 e. The van der Waals surface area contributed by atoms with Crippen LogP contribution in [0.25, 0.3) is 11.0 Å². The van der Waals surface area contributed by atoms with E-state index in [1.165, 1.54) is 0 Å². The van der Waals surface area contributed by atoms with Crippen LogP contribution in [-0.2, 0) is 6.54 Å². The molecule has 1 unspecified atom stereocenters. The molecule has 0 aliphatic carbocycles. The topological polar surface area (TPSA) is 69.6 Å². The molecule has 2 heterocycles. The molecule has 0 bridgehead atoms. The molecule has 0 radical (unpaired) electrons. The zero-order valence-electron chi connectivity index (χ0n) is 7.68. The molecule has 1 atom stereocenters. The van der Waals surface area contributed by atoms with E-state index >= 15 is 0 Å². The van der Waals surface area contributed by atoms with Gasteiger partial charge in [0.15, 0.2) is 0 Å². The molecular formula is C8H10BrN5. The Morgan fingerprint density at radius 2 is 2.36 bits per heavy atom. The first kappa shape index (κ1) is 9.54. The quantitative estimate of drug-likeness (QED) is 0.867. The van der Waals surface area contributed by atoms with Crippen LogP contribution in [0.3, 0.4) is 0 Å². The van der Waals surface area contributed by atoms with Crippen molar-refractivity contribution in [3.63, 3.8) is 0 Å². The number of hydrogen-bond donors (Lipinski definition) is 1. The molecule has 0 aromatic carbocycles. The van der Waals surface area contributed by atoms with Crippen molar-refractivity contribution in [3.05, 3.63) is 16.9 Å². The molecule has 6 heteroatoms. The molecular weight excluding hydrogens is 246 g/mol. The van der Waals surface area contributed by atoms with Crippen LogP contribution in [0.4, 0.5) is 0 Å². The van der Waals surface area contributed by atoms with Crippen molar-refractivity contribution in [2.75, 3.05) is 0 Å². The predicted molar refractivity (Wildman–Crippen MR) is 56.7 cm³/mol. The van der Waals surface area contributed by atoms with Gasteiger partial charge in [0.1, 0.15) is 11.0 Å². The SMILES string of the molecule is CC(N)Cn1nnc2cncc(Br)c21. The molecule has 14 heavy (non-hydrogen) atoms. The summed E-state index contributed by atoms with van der Waals surface area (Å²) in [7, 11) is 0. The molecule has 0 spiro atoms. The fraction of sp³-hybridized carbons (Fsp3) is 0.375. The second-order valence-corrected chi connectivity index (χ2v) is 4.09. The zero-order valence-corrected chi connectivity index (χ0v) is 9.27. The lowest BCUT2D eigenvalue weighted by molar-refractivity contribution is 0.536. The van der Waals surface area contributed by atoms with E-state index in [1.54, 1.807) is 17.1 Å². The van der Waals surface area contributed by atoms with Crippen LogP contribution in [-0.4, -0.2) is 26.0 Å². The van der Waals surface area contributed by atoms with Crippen molar-refractivity contribution >= 4 is 27.0 Å². The Balaban J connectivity index is 2.55. The summed E-state index contributed by atoms with van der Waals surface area (Å²) in [5.41, 5.74) is 7.42. The smallest absolute Gasteiger partial charge is 0.132 e. The van der Waals surface area contributed by atoms with Gasteiger partial charge in [-0.1, -0.05) is 5.21 Å². The summed E-state index contributed by atoms with van der Waals surface area (Å²) in [6, 6.07) is 0.0555. The van der Waals surface area contributed by atoms with Gasteiger partial charge in [0.25, 0.3) is 0 Å². The van der Waals surface area contributed by atoms with Gasteiger partial charge in [-0.05, 0) is 22.9 Å². The Morgan fingerprint density at radius 3 is 3.07 bits per heavy atom. The van der Waals surface area contributed by atoms with Crippen molar-refractivity contribution in [1.29, 1.82) is 0 Å². The minimum Gasteiger partial charge on any atom is -0.326 e. The van der Waals surface area contributed by atoms with E-state index in [0.717, 1.165) is 15.5 Å². The van der Waals surface area contributed by atoms with E-state index in [2.05, 4.69) is 31.2 Å². The first-order valence-electron chi connectivity index (χ1n) is 4.27. The van der Waals surface area contributed by atoms with Crippen LogP contribution in [0, 0.1) is 0 Å². The van der Waals surface area contributed by atoms with Gasteiger partial charge in [0, 0.05) is 12.2 Å². The second-order valence-electron chi connectivity index (χ2n) is 3.24. The van der Waals surface area contributed by atoms with Crippen molar-refractivity contribution < 1.29 is 0 Å². The van der Waals surface area contributed by atoms with E-state index in [9.17, 15) is 0 Å². The maximum atomic E-state index is 5.71. The summed E-state index contributed by atoms with van der Waals surface area (Å²) in [5.74, 6) is 0. The third-order valence-electron chi connectivity index (χ3n) is 1.83. The highest BCUT2D eigenvalue weighted by Gasteiger charge is 2.09. The van der Waals surface area contributed by atoms with Gasteiger partial charge in [0.2, 0.25) is 0 Å². The molecule has 0 amide bonds. The average molecular weight is 256 g/mol. The second kappa shape index (κ2) is 3.62. The molecule has 2 rings (SSSR count). The average Bonchev–Trinajstić information content (AvgIpc) is 2.49. The monoisotopic (exact) mass is 255 g/mol. The molecule has 2 aromatic rings. The van der Waals surface area contributed by atoms with Crippen LogP contribution in [0.2, 0.25) is 0 Å². The van der Waals surface area contributed by atoms with Crippen LogP contribution in [0.15, 0.2) is 16.9 Å². The number of nitrogens with zero attached hydrogens (tertiary/aromatic N) is 4. The Labute approximate surface area is 89.4 Å². The fourth-order valence-electron chi connectivity index (χ4n) is 1.29. The van der Waals surface area contributed by atoms with E-state index in [0.29, 0.717) is 6.54 Å². The molecule has 0 aliphatic rings. The third-order valence-corrected chi connectivity index (χ3v) is 2.41. The first-order valence-corrected chi connectivity index (χ1v) is 5.06.